The van der Waals surface area contributed by atoms with Gasteiger partial charge in [-0.15, -0.1) is 0 Å². The Bertz CT molecular complexity index is 943. The fourth-order valence-corrected chi connectivity index (χ4v) is 3.69. The number of amides is 1. The van der Waals surface area contributed by atoms with E-state index in [2.05, 4.69) is 10.2 Å². The molecule has 0 aromatic heterocycles. The summed E-state index contributed by atoms with van der Waals surface area (Å²) in [7, 11) is 0. The molecule has 6 nitrogen and oxygen atoms in total. The maximum atomic E-state index is 13.4. The molecule has 0 saturated carbocycles. The summed E-state index contributed by atoms with van der Waals surface area (Å²) >= 11 is 11.3. The van der Waals surface area contributed by atoms with E-state index in [-0.39, 0.29) is 41.0 Å². The van der Waals surface area contributed by atoms with E-state index in [1.165, 1.54) is 24.3 Å². The van der Waals surface area contributed by atoms with Crippen molar-refractivity contribution in [2.75, 3.05) is 32.8 Å². The second-order valence-corrected chi connectivity index (χ2v) is 8.69. The highest BCUT2D eigenvalue weighted by molar-refractivity contribution is 6.31. The van der Waals surface area contributed by atoms with Crippen molar-refractivity contribution >= 4 is 29.1 Å². The molecule has 1 heterocycles. The maximum absolute atomic E-state index is 13.4. The number of benzene rings is 2. The molecule has 10 heteroatoms. The molecule has 2 aromatic rings. The van der Waals surface area contributed by atoms with Crippen LogP contribution < -0.4 is 14.8 Å². The zero-order valence-corrected chi connectivity index (χ0v) is 19.4. The van der Waals surface area contributed by atoms with E-state index in [4.69, 9.17) is 32.7 Å². The SMILES string of the molecule is O=C(COc1ccc(Cl)c(F)c1)NC1CCN(CCC(O)COc2ccc(Cl)c(F)c2)CC1. The number of halogens is 4. The molecule has 1 atom stereocenters. The van der Waals surface area contributed by atoms with Gasteiger partial charge in [0.2, 0.25) is 0 Å². The van der Waals surface area contributed by atoms with Crippen molar-refractivity contribution in [1.82, 2.24) is 10.2 Å². The molecule has 3 rings (SSSR count). The van der Waals surface area contributed by atoms with Crippen LogP contribution in [0.25, 0.3) is 0 Å². The average Bonchev–Trinajstić information content (AvgIpc) is 2.80. The number of carbonyl (C=O) groups excluding carboxylic acids is 1. The lowest BCUT2D eigenvalue weighted by Gasteiger charge is -2.32. The van der Waals surface area contributed by atoms with Gasteiger partial charge >= 0.3 is 0 Å². The first-order valence-corrected chi connectivity index (χ1v) is 11.4. The predicted octanol–water partition coefficient (Wildman–Crippen LogP) is 4.06. The van der Waals surface area contributed by atoms with Gasteiger partial charge in [-0.05, 0) is 43.5 Å². The molecule has 1 aliphatic rings. The van der Waals surface area contributed by atoms with Gasteiger partial charge in [0.1, 0.15) is 29.7 Å². The van der Waals surface area contributed by atoms with Crippen LogP contribution in [0.1, 0.15) is 19.3 Å². The van der Waals surface area contributed by atoms with E-state index in [0.29, 0.717) is 18.7 Å². The molecule has 0 aliphatic carbocycles. The first-order valence-electron chi connectivity index (χ1n) is 10.7. The van der Waals surface area contributed by atoms with Gasteiger partial charge < -0.3 is 24.8 Å². The van der Waals surface area contributed by atoms with Gasteiger partial charge in [0, 0.05) is 37.8 Å². The van der Waals surface area contributed by atoms with E-state index in [0.717, 1.165) is 32.0 Å². The van der Waals surface area contributed by atoms with Gasteiger partial charge in [-0.1, -0.05) is 23.2 Å². The summed E-state index contributed by atoms with van der Waals surface area (Å²) in [5.74, 6) is -0.875. The van der Waals surface area contributed by atoms with Crippen LogP contribution in [-0.2, 0) is 4.79 Å². The first kappa shape index (κ1) is 25.5. The van der Waals surface area contributed by atoms with Gasteiger partial charge in [-0.25, -0.2) is 8.78 Å². The van der Waals surface area contributed by atoms with Crippen LogP contribution in [0, 0.1) is 11.6 Å². The van der Waals surface area contributed by atoms with Crippen molar-refractivity contribution in [3.63, 3.8) is 0 Å². The molecule has 33 heavy (non-hydrogen) atoms. The van der Waals surface area contributed by atoms with E-state index >= 15 is 0 Å². The largest absolute Gasteiger partial charge is 0.491 e. The number of carbonyl (C=O) groups is 1. The Balaban J connectivity index is 1.29. The summed E-state index contributed by atoms with van der Waals surface area (Å²) in [6.07, 6.45) is 1.38. The molecule has 1 fully saturated rings. The van der Waals surface area contributed by atoms with Gasteiger partial charge in [0.05, 0.1) is 16.1 Å². The summed E-state index contributed by atoms with van der Waals surface area (Å²) in [6.45, 7) is 2.11. The molecule has 0 radical (unpaired) electrons. The topological polar surface area (TPSA) is 71.0 Å². The summed E-state index contributed by atoms with van der Waals surface area (Å²) in [4.78, 5) is 14.3. The summed E-state index contributed by atoms with van der Waals surface area (Å²) in [5, 5.41) is 13.1. The number of ether oxygens (including phenoxy) is 2. The third kappa shape index (κ3) is 8.30. The maximum Gasteiger partial charge on any atom is 0.258 e. The van der Waals surface area contributed by atoms with Crippen LogP contribution in [0.15, 0.2) is 36.4 Å². The van der Waals surface area contributed by atoms with Gasteiger partial charge in [-0.3, -0.25) is 4.79 Å². The Morgan fingerprint density at radius 1 is 1.06 bits per heavy atom. The summed E-state index contributed by atoms with van der Waals surface area (Å²) in [5.41, 5.74) is 0. The Kier molecular flexibility index (Phi) is 9.55. The Morgan fingerprint density at radius 3 is 2.21 bits per heavy atom. The molecule has 0 bridgehead atoms. The van der Waals surface area contributed by atoms with Crippen molar-refractivity contribution in [1.29, 1.82) is 0 Å². The fraction of sp³-hybridized carbons (Fsp3) is 0.435. The normalized spacial score (nSPS) is 15.8. The Labute approximate surface area is 201 Å². The van der Waals surface area contributed by atoms with Crippen molar-refractivity contribution in [3.05, 3.63) is 58.1 Å². The highest BCUT2D eigenvalue weighted by Crippen LogP contribution is 2.21. The fourth-order valence-electron chi connectivity index (χ4n) is 3.46. The third-order valence-corrected chi connectivity index (χ3v) is 5.94. The van der Waals surface area contributed by atoms with E-state index in [1.54, 1.807) is 6.07 Å². The van der Waals surface area contributed by atoms with Crippen molar-refractivity contribution in [2.45, 2.75) is 31.4 Å². The van der Waals surface area contributed by atoms with Crippen LogP contribution in [0.5, 0.6) is 11.5 Å². The first-order chi connectivity index (χ1) is 15.8. The second-order valence-electron chi connectivity index (χ2n) is 7.88. The lowest BCUT2D eigenvalue weighted by molar-refractivity contribution is -0.124. The molecule has 1 aliphatic heterocycles. The van der Waals surface area contributed by atoms with Crippen LogP contribution in [0.2, 0.25) is 10.0 Å². The van der Waals surface area contributed by atoms with Gasteiger partial charge in [-0.2, -0.15) is 0 Å². The number of likely N-dealkylation sites (tertiary alicyclic amines) is 1. The number of hydrogen-bond donors (Lipinski definition) is 2. The quantitative estimate of drug-likeness (QED) is 0.512. The van der Waals surface area contributed by atoms with Crippen LogP contribution in [-0.4, -0.2) is 60.9 Å². The predicted molar refractivity (Wildman–Crippen MR) is 122 cm³/mol. The smallest absolute Gasteiger partial charge is 0.258 e. The van der Waals surface area contributed by atoms with Crippen LogP contribution >= 0.6 is 23.2 Å². The standard InChI is InChI=1S/C23H26Cl2F2N2O4/c24-19-3-1-17(11-21(19)26)32-13-16(30)7-10-29-8-5-15(6-9-29)28-23(31)14-33-18-2-4-20(25)22(27)12-18/h1-4,11-12,15-16,30H,5-10,13-14H2,(H,28,31). The Morgan fingerprint density at radius 2 is 1.64 bits per heavy atom. The number of nitrogens with one attached hydrogen (secondary N) is 1. The molecule has 2 N–H and O–H groups in total. The second kappa shape index (κ2) is 12.4. The molecule has 1 saturated heterocycles. The lowest BCUT2D eigenvalue weighted by atomic mass is 10.0. The number of piperidine rings is 1. The number of aliphatic hydroxyl groups is 1. The van der Waals surface area contributed by atoms with Crippen molar-refractivity contribution < 1.29 is 28.2 Å². The van der Waals surface area contributed by atoms with Crippen LogP contribution in [0.3, 0.4) is 0 Å². The minimum atomic E-state index is -0.684. The van der Waals surface area contributed by atoms with Crippen molar-refractivity contribution in [2.24, 2.45) is 0 Å². The molecule has 1 unspecified atom stereocenters. The molecule has 180 valence electrons. The highest BCUT2D eigenvalue weighted by atomic mass is 35.5. The molecular weight excluding hydrogens is 477 g/mol. The number of hydrogen-bond acceptors (Lipinski definition) is 5. The number of aliphatic hydroxyl groups excluding tert-OH is 1. The van der Waals surface area contributed by atoms with Gasteiger partial charge in [0.15, 0.2) is 6.61 Å². The number of rotatable bonds is 10. The average molecular weight is 503 g/mol. The minimum absolute atomic E-state index is 0.00412. The molecule has 1 amide bonds. The third-order valence-electron chi connectivity index (χ3n) is 5.33. The zero-order chi connectivity index (χ0) is 23.8. The highest BCUT2D eigenvalue weighted by Gasteiger charge is 2.21. The Hall–Kier alpha value is -2.13. The summed E-state index contributed by atoms with van der Waals surface area (Å²) in [6, 6.07) is 8.20. The van der Waals surface area contributed by atoms with E-state index in [9.17, 15) is 18.7 Å². The van der Waals surface area contributed by atoms with E-state index in [1.807, 2.05) is 0 Å². The van der Waals surface area contributed by atoms with Gasteiger partial charge in [0.25, 0.3) is 5.91 Å². The zero-order valence-electron chi connectivity index (χ0n) is 17.9. The minimum Gasteiger partial charge on any atom is -0.491 e. The van der Waals surface area contributed by atoms with Crippen LogP contribution in [0.4, 0.5) is 8.78 Å². The molecule has 2 aromatic carbocycles. The number of nitrogens with zero attached hydrogens (tertiary/aromatic N) is 1. The van der Waals surface area contributed by atoms with E-state index < -0.39 is 17.7 Å². The summed E-state index contributed by atoms with van der Waals surface area (Å²) < 4.78 is 37.6. The molecular formula is C23H26Cl2F2N2O4. The monoisotopic (exact) mass is 502 g/mol. The van der Waals surface area contributed by atoms with Crippen molar-refractivity contribution in [3.8, 4) is 11.5 Å². The lowest BCUT2D eigenvalue weighted by Crippen LogP contribution is -2.46. The molecule has 0 spiro atoms.